The van der Waals surface area contributed by atoms with Gasteiger partial charge in [-0.15, -0.1) is 0 Å². The average molecular weight is 229 g/mol. The van der Waals surface area contributed by atoms with E-state index in [-0.39, 0.29) is 5.41 Å². The van der Waals surface area contributed by atoms with Crippen LogP contribution in [0.5, 0.6) is 0 Å². The van der Waals surface area contributed by atoms with Crippen LogP contribution in [-0.2, 0) is 12.0 Å². The number of rotatable bonds is 0. The standard InChI is InChI=1S/C14H19N3/c1-14(2,3)10-5-6-11-12(9-10)17-8-4-7-15-13(17)16-11/h5-6,9H,4,7-8H2,1-3H3,(H,15,16). The Morgan fingerprint density at radius 3 is 2.88 bits per heavy atom. The van der Waals surface area contributed by atoms with Crippen LogP contribution >= 0.6 is 0 Å². The summed E-state index contributed by atoms with van der Waals surface area (Å²) in [7, 11) is 0. The third kappa shape index (κ3) is 1.70. The second-order valence-corrected chi connectivity index (χ2v) is 5.82. The Hall–Kier alpha value is -1.51. The predicted octanol–water partition coefficient (Wildman–Crippen LogP) is 3.15. The molecule has 0 fully saturated rings. The summed E-state index contributed by atoms with van der Waals surface area (Å²) in [6, 6.07) is 6.63. The lowest BCUT2D eigenvalue weighted by molar-refractivity contribution is 0.589. The van der Waals surface area contributed by atoms with Crippen LogP contribution in [0.2, 0.25) is 0 Å². The highest BCUT2D eigenvalue weighted by atomic mass is 15.2. The summed E-state index contributed by atoms with van der Waals surface area (Å²) in [6.45, 7) is 8.86. The molecule has 2 aromatic rings. The highest BCUT2D eigenvalue weighted by molar-refractivity contribution is 5.80. The number of benzene rings is 1. The minimum atomic E-state index is 0.195. The molecule has 0 atom stereocenters. The summed E-state index contributed by atoms with van der Waals surface area (Å²) in [5.74, 6) is 1.03. The number of imidazole rings is 1. The van der Waals surface area contributed by atoms with E-state index in [2.05, 4.69) is 53.8 Å². The van der Waals surface area contributed by atoms with E-state index in [0.29, 0.717) is 0 Å². The van der Waals surface area contributed by atoms with Crippen LogP contribution in [0.3, 0.4) is 0 Å². The second kappa shape index (κ2) is 3.49. The van der Waals surface area contributed by atoms with Crippen molar-refractivity contribution in [1.29, 1.82) is 0 Å². The van der Waals surface area contributed by atoms with Gasteiger partial charge in [0.05, 0.1) is 11.0 Å². The molecule has 1 aliphatic heterocycles. The summed E-state index contributed by atoms with van der Waals surface area (Å²) >= 11 is 0. The number of fused-ring (bicyclic) bond motifs is 3. The number of hydrogen-bond acceptors (Lipinski definition) is 2. The number of hydrogen-bond donors (Lipinski definition) is 1. The van der Waals surface area contributed by atoms with Crippen molar-refractivity contribution in [3.8, 4) is 0 Å². The Bertz CT molecular complexity index is 561. The molecule has 0 spiro atoms. The molecule has 0 saturated carbocycles. The molecule has 3 rings (SSSR count). The molecule has 0 saturated heterocycles. The van der Waals surface area contributed by atoms with Gasteiger partial charge in [-0.05, 0) is 29.5 Å². The van der Waals surface area contributed by atoms with Gasteiger partial charge in [-0.1, -0.05) is 26.8 Å². The lowest BCUT2D eigenvalue weighted by Crippen LogP contribution is -2.17. The maximum Gasteiger partial charge on any atom is 0.203 e. The first-order chi connectivity index (χ1) is 8.05. The molecular formula is C14H19N3. The van der Waals surface area contributed by atoms with Gasteiger partial charge in [0.15, 0.2) is 0 Å². The van der Waals surface area contributed by atoms with Crippen LogP contribution in [0.1, 0.15) is 32.8 Å². The zero-order valence-corrected chi connectivity index (χ0v) is 10.7. The summed E-state index contributed by atoms with van der Waals surface area (Å²) in [4.78, 5) is 4.63. The molecule has 3 nitrogen and oxygen atoms in total. The minimum Gasteiger partial charge on any atom is -0.356 e. The van der Waals surface area contributed by atoms with Crippen molar-refractivity contribution in [1.82, 2.24) is 9.55 Å². The Labute approximate surface area is 102 Å². The monoisotopic (exact) mass is 229 g/mol. The fraction of sp³-hybridized carbons (Fsp3) is 0.500. The number of aromatic nitrogens is 2. The van der Waals surface area contributed by atoms with E-state index in [0.717, 1.165) is 24.6 Å². The van der Waals surface area contributed by atoms with Gasteiger partial charge >= 0.3 is 0 Å². The SMILES string of the molecule is CC(C)(C)c1ccc2nc3n(c2c1)CCCN3. The average Bonchev–Trinajstić information content (AvgIpc) is 2.65. The Balaban J connectivity index is 2.21. The quantitative estimate of drug-likeness (QED) is 0.752. The van der Waals surface area contributed by atoms with E-state index in [4.69, 9.17) is 0 Å². The summed E-state index contributed by atoms with van der Waals surface area (Å²) in [5, 5.41) is 3.36. The second-order valence-electron chi connectivity index (χ2n) is 5.82. The maximum absolute atomic E-state index is 4.63. The van der Waals surface area contributed by atoms with Crippen LogP contribution in [0, 0.1) is 0 Å². The van der Waals surface area contributed by atoms with Gasteiger partial charge in [-0.3, -0.25) is 0 Å². The summed E-state index contributed by atoms with van der Waals surface area (Å²) in [5.41, 5.74) is 3.93. The molecule has 1 aromatic heterocycles. The molecule has 1 N–H and O–H groups in total. The van der Waals surface area contributed by atoms with Crippen molar-refractivity contribution in [3.63, 3.8) is 0 Å². The van der Waals surface area contributed by atoms with Crippen molar-refractivity contribution in [2.45, 2.75) is 39.2 Å². The fourth-order valence-electron chi connectivity index (χ4n) is 2.39. The third-order valence-electron chi connectivity index (χ3n) is 3.46. The molecular weight excluding hydrogens is 210 g/mol. The van der Waals surface area contributed by atoms with Gasteiger partial charge in [0, 0.05) is 13.1 Å². The molecule has 0 amide bonds. The molecule has 0 aliphatic carbocycles. The molecule has 3 heteroatoms. The first-order valence-corrected chi connectivity index (χ1v) is 6.30. The van der Waals surface area contributed by atoms with E-state index >= 15 is 0 Å². The first-order valence-electron chi connectivity index (χ1n) is 6.30. The van der Waals surface area contributed by atoms with Gasteiger partial charge in [-0.25, -0.2) is 4.98 Å². The number of nitrogens with zero attached hydrogens (tertiary/aromatic N) is 2. The number of nitrogens with one attached hydrogen (secondary N) is 1. The van der Waals surface area contributed by atoms with Crippen LogP contribution < -0.4 is 5.32 Å². The lowest BCUT2D eigenvalue weighted by Gasteiger charge is -2.20. The molecule has 1 aliphatic rings. The normalized spacial score (nSPS) is 15.7. The number of aryl methyl sites for hydroxylation is 1. The van der Waals surface area contributed by atoms with Crippen molar-refractivity contribution in [2.75, 3.05) is 11.9 Å². The van der Waals surface area contributed by atoms with Gasteiger partial charge < -0.3 is 9.88 Å². The molecule has 0 radical (unpaired) electrons. The van der Waals surface area contributed by atoms with Gasteiger partial charge in [0.25, 0.3) is 0 Å². The summed E-state index contributed by atoms with van der Waals surface area (Å²) < 4.78 is 2.30. The minimum absolute atomic E-state index is 0.195. The first kappa shape index (κ1) is 10.6. The predicted molar refractivity (Wildman–Crippen MR) is 71.5 cm³/mol. The topological polar surface area (TPSA) is 29.9 Å². The number of anilines is 1. The Morgan fingerprint density at radius 2 is 2.12 bits per heavy atom. The van der Waals surface area contributed by atoms with E-state index in [1.807, 2.05) is 0 Å². The lowest BCUT2D eigenvalue weighted by atomic mass is 9.87. The Kier molecular flexibility index (Phi) is 2.18. The van der Waals surface area contributed by atoms with Gasteiger partial charge in [-0.2, -0.15) is 0 Å². The van der Waals surface area contributed by atoms with E-state index in [9.17, 15) is 0 Å². The van der Waals surface area contributed by atoms with E-state index < -0.39 is 0 Å². The van der Waals surface area contributed by atoms with E-state index in [1.54, 1.807) is 0 Å². The molecule has 90 valence electrons. The zero-order chi connectivity index (χ0) is 12.0. The zero-order valence-electron chi connectivity index (χ0n) is 10.7. The van der Waals surface area contributed by atoms with Crippen LogP contribution in [0.25, 0.3) is 11.0 Å². The van der Waals surface area contributed by atoms with Crippen molar-refractivity contribution >= 4 is 17.0 Å². The Morgan fingerprint density at radius 1 is 1.29 bits per heavy atom. The maximum atomic E-state index is 4.63. The van der Waals surface area contributed by atoms with Crippen molar-refractivity contribution in [2.24, 2.45) is 0 Å². The molecule has 0 unspecified atom stereocenters. The van der Waals surface area contributed by atoms with E-state index in [1.165, 1.54) is 17.5 Å². The van der Waals surface area contributed by atoms with Gasteiger partial charge in [0.1, 0.15) is 0 Å². The smallest absolute Gasteiger partial charge is 0.203 e. The third-order valence-corrected chi connectivity index (χ3v) is 3.46. The van der Waals surface area contributed by atoms with Crippen molar-refractivity contribution in [3.05, 3.63) is 23.8 Å². The molecule has 0 bridgehead atoms. The van der Waals surface area contributed by atoms with Crippen LogP contribution in [0.15, 0.2) is 18.2 Å². The molecule has 17 heavy (non-hydrogen) atoms. The summed E-state index contributed by atoms with van der Waals surface area (Å²) in [6.07, 6.45) is 1.18. The molecule has 2 heterocycles. The largest absolute Gasteiger partial charge is 0.356 e. The van der Waals surface area contributed by atoms with Crippen LogP contribution in [-0.4, -0.2) is 16.1 Å². The fourth-order valence-corrected chi connectivity index (χ4v) is 2.39. The molecule has 1 aromatic carbocycles. The highest BCUT2D eigenvalue weighted by Crippen LogP contribution is 2.28. The van der Waals surface area contributed by atoms with Crippen LogP contribution in [0.4, 0.5) is 5.95 Å². The highest BCUT2D eigenvalue weighted by Gasteiger charge is 2.18. The van der Waals surface area contributed by atoms with Crippen molar-refractivity contribution < 1.29 is 0 Å². The van der Waals surface area contributed by atoms with Gasteiger partial charge in [0.2, 0.25) is 5.95 Å².